The van der Waals surface area contributed by atoms with Crippen molar-refractivity contribution in [1.82, 2.24) is 14.9 Å². The molecule has 1 atom stereocenters. The Labute approximate surface area is 165 Å². The fraction of sp³-hybridized carbons (Fsp3) is 0.550. The average molecular weight is 392 g/mol. The Morgan fingerprint density at radius 1 is 1.26 bits per heavy atom. The van der Waals surface area contributed by atoms with Crippen LogP contribution in [0.25, 0.3) is 10.9 Å². The van der Waals surface area contributed by atoms with Crippen molar-refractivity contribution in [2.24, 2.45) is 5.92 Å². The smallest absolute Gasteiger partial charge is 0.262 e. The maximum atomic E-state index is 13.0. The lowest BCUT2D eigenvalue weighted by Gasteiger charge is -2.17. The molecule has 2 N–H and O–H groups in total. The standard InChI is InChI=1S/C20H30N4O2S/c1-14(2)13-21-18(25)15(3)27-20-22-17-10-7-6-9-16(17)19(26)24(20)12-8-11-23(4)5/h6-7,9-10,14-15H,8,11-13H2,1-5H3,(H,21,25)/p+1/t15-/m0/s1. The zero-order valence-electron chi connectivity index (χ0n) is 16.9. The van der Waals surface area contributed by atoms with Gasteiger partial charge in [-0.25, -0.2) is 4.98 Å². The van der Waals surface area contributed by atoms with Crippen LogP contribution in [-0.4, -0.2) is 47.9 Å². The Balaban J connectivity index is 2.29. The van der Waals surface area contributed by atoms with Crippen LogP contribution in [0.15, 0.2) is 34.2 Å². The lowest BCUT2D eigenvalue weighted by Crippen LogP contribution is -3.05. The van der Waals surface area contributed by atoms with Crippen LogP contribution in [-0.2, 0) is 11.3 Å². The minimum Gasteiger partial charge on any atom is -0.355 e. The monoisotopic (exact) mass is 391 g/mol. The van der Waals surface area contributed by atoms with Gasteiger partial charge < -0.3 is 10.2 Å². The zero-order valence-corrected chi connectivity index (χ0v) is 17.7. The summed E-state index contributed by atoms with van der Waals surface area (Å²) in [7, 11) is 4.19. The summed E-state index contributed by atoms with van der Waals surface area (Å²) in [5.41, 5.74) is 0.640. The fourth-order valence-electron chi connectivity index (χ4n) is 2.69. The maximum Gasteiger partial charge on any atom is 0.262 e. The van der Waals surface area contributed by atoms with Crippen molar-refractivity contribution in [2.75, 3.05) is 27.2 Å². The van der Waals surface area contributed by atoms with Gasteiger partial charge in [0.05, 0.1) is 36.8 Å². The number of carbonyl (C=O) groups excluding carboxylic acids is 1. The zero-order chi connectivity index (χ0) is 20.0. The number of nitrogens with one attached hydrogen (secondary N) is 2. The summed E-state index contributed by atoms with van der Waals surface area (Å²) in [6.45, 7) is 8.20. The van der Waals surface area contributed by atoms with Crippen molar-refractivity contribution in [1.29, 1.82) is 0 Å². The third-order valence-corrected chi connectivity index (χ3v) is 5.31. The molecule has 0 spiro atoms. The Hall–Kier alpha value is -1.86. The highest BCUT2D eigenvalue weighted by atomic mass is 32.2. The second-order valence-electron chi connectivity index (χ2n) is 7.58. The van der Waals surface area contributed by atoms with Crippen LogP contribution in [0.1, 0.15) is 27.2 Å². The van der Waals surface area contributed by atoms with Gasteiger partial charge in [0.15, 0.2) is 5.16 Å². The molecule has 1 aromatic heterocycles. The second kappa shape index (κ2) is 9.90. The number of aromatic nitrogens is 2. The Morgan fingerprint density at radius 2 is 1.96 bits per heavy atom. The van der Waals surface area contributed by atoms with Crippen molar-refractivity contribution in [3.63, 3.8) is 0 Å². The second-order valence-corrected chi connectivity index (χ2v) is 8.89. The number of carbonyl (C=O) groups is 1. The van der Waals surface area contributed by atoms with E-state index in [2.05, 4.69) is 33.3 Å². The Morgan fingerprint density at radius 3 is 2.63 bits per heavy atom. The molecular formula is C20H31N4O2S+. The van der Waals surface area contributed by atoms with Gasteiger partial charge in [-0.2, -0.15) is 0 Å². The molecule has 1 amide bonds. The molecule has 6 nitrogen and oxygen atoms in total. The molecule has 7 heteroatoms. The number of rotatable bonds is 9. The number of amides is 1. The van der Waals surface area contributed by atoms with E-state index in [4.69, 9.17) is 4.98 Å². The van der Waals surface area contributed by atoms with Crippen LogP contribution in [0.3, 0.4) is 0 Å². The van der Waals surface area contributed by atoms with Gasteiger partial charge >= 0.3 is 0 Å². The molecule has 0 fully saturated rings. The van der Waals surface area contributed by atoms with E-state index in [0.717, 1.165) is 13.0 Å². The van der Waals surface area contributed by atoms with Crippen LogP contribution in [0, 0.1) is 5.92 Å². The van der Waals surface area contributed by atoms with Gasteiger partial charge in [0.2, 0.25) is 5.91 Å². The molecule has 0 saturated carbocycles. The molecule has 0 unspecified atom stereocenters. The van der Waals surface area contributed by atoms with Gasteiger partial charge in [0, 0.05) is 19.5 Å². The molecule has 2 aromatic rings. The van der Waals surface area contributed by atoms with Crippen molar-refractivity contribution < 1.29 is 9.69 Å². The Bertz CT molecular complexity index is 832. The number of para-hydroxylation sites is 1. The predicted octanol–water partition coefficient (Wildman–Crippen LogP) is 1.18. The summed E-state index contributed by atoms with van der Waals surface area (Å²) < 4.78 is 1.72. The van der Waals surface area contributed by atoms with E-state index in [1.54, 1.807) is 4.57 Å². The van der Waals surface area contributed by atoms with Gasteiger partial charge in [-0.05, 0) is 25.0 Å². The maximum absolute atomic E-state index is 13.0. The summed E-state index contributed by atoms with van der Waals surface area (Å²) in [6.07, 6.45) is 0.879. The Kier molecular flexibility index (Phi) is 7.86. The summed E-state index contributed by atoms with van der Waals surface area (Å²) in [5, 5.41) is 3.87. The highest BCUT2D eigenvalue weighted by Gasteiger charge is 2.19. The predicted molar refractivity (Wildman–Crippen MR) is 111 cm³/mol. The first kappa shape index (κ1) is 21.4. The molecule has 0 aliphatic rings. The molecule has 0 saturated heterocycles. The number of hydrogen-bond donors (Lipinski definition) is 2. The molecule has 0 bridgehead atoms. The third-order valence-electron chi connectivity index (χ3n) is 4.22. The topological polar surface area (TPSA) is 68.4 Å². The normalized spacial score (nSPS) is 12.7. The molecule has 148 valence electrons. The minimum absolute atomic E-state index is 0.0274. The average Bonchev–Trinajstić information content (AvgIpc) is 2.61. The lowest BCUT2D eigenvalue weighted by molar-refractivity contribution is -0.858. The molecule has 1 heterocycles. The van der Waals surface area contributed by atoms with Crippen LogP contribution in [0.5, 0.6) is 0 Å². The van der Waals surface area contributed by atoms with E-state index >= 15 is 0 Å². The summed E-state index contributed by atoms with van der Waals surface area (Å²) in [5.74, 6) is 0.372. The first-order valence-corrected chi connectivity index (χ1v) is 10.4. The van der Waals surface area contributed by atoms with E-state index in [9.17, 15) is 9.59 Å². The van der Waals surface area contributed by atoms with Gasteiger partial charge in [-0.1, -0.05) is 37.7 Å². The molecule has 0 aliphatic heterocycles. The summed E-state index contributed by atoms with van der Waals surface area (Å²) in [4.78, 5) is 31.4. The first-order valence-electron chi connectivity index (χ1n) is 9.52. The van der Waals surface area contributed by atoms with E-state index in [0.29, 0.717) is 35.1 Å². The van der Waals surface area contributed by atoms with Crippen LogP contribution >= 0.6 is 11.8 Å². The number of nitrogens with zero attached hydrogens (tertiary/aromatic N) is 2. The number of fused-ring (bicyclic) bond motifs is 1. The summed E-state index contributed by atoms with van der Waals surface area (Å²) >= 11 is 1.35. The van der Waals surface area contributed by atoms with Crippen LogP contribution in [0.2, 0.25) is 0 Å². The highest BCUT2D eigenvalue weighted by Crippen LogP contribution is 2.22. The largest absolute Gasteiger partial charge is 0.355 e. The molecule has 1 aromatic carbocycles. The van der Waals surface area contributed by atoms with Crippen molar-refractivity contribution in [3.8, 4) is 0 Å². The van der Waals surface area contributed by atoms with Crippen molar-refractivity contribution in [3.05, 3.63) is 34.6 Å². The van der Waals surface area contributed by atoms with Crippen molar-refractivity contribution in [2.45, 2.75) is 44.1 Å². The van der Waals surface area contributed by atoms with E-state index in [-0.39, 0.29) is 16.7 Å². The quantitative estimate of drug-likeness (QED) is 0.498. The molecule has 27 heavy (non-hydrogen) atoms. The lowest BCUT2D eigenvalue weighted by atomic mass is 10.2. The van der Waals surface area contributed by atoms with Gasteiger partial charge in [0.1, 0.15) is 0 Å². The van der Waals surface area contributed by atoms with Gasteiger partial charge in [0.25, 0.3) is 5.56 Å². The van der Waals surface area contributed by atoms with Gasteiger partial charge in [-0.3, -0.25) is 14.2 Å². The molecule has 0 radical (unpaired) electrons. The SMILES string of the molecule is CC(C)CNC(=O)[C@H](C)Sc1nc2ccccc2c(=O)n1CCC[NH+](C)C. The number of hydrogen-bond acceptors (Lipinski definition) is 4. The molecule has 0 aliphatic carbocycles. The summed E-state index contributed by atoms with van der Waals surface area (Å²) in [6, 6.07) is 7.39. The number of quaternary nitrogens is 1. The third kappa shape index (κ3) is 6.07. The fourth-order valence-corrected chi connectivity index (χ4v) is 3.64. The van der Waals surface area contributed by atoms with Gasteiger partial charge in [-0.15, -0.1) is 0 Å². The van der Waals surface area contributed by atoms with E-state index in [1.807, 2.05) is 31.2 Å². The van der Waals surface area contributed by atoms with E-state index in [1.165, 1.54) is 16.7 Å². The van der Waals surface area contributed by atoms with Crippen LogP contribution < -0.4 is 15.8 Å². The van der Waals surface area contributed by atoms with Crippen LogP contribution in [0.4, 0.5) is 0 Å². The number of benzene rings is 1. The highest BCUT2D eigenvalue weighted by molar-refractivity contribution is 8.00. The number of thioether (sulfide) groups is 1. The molecular weight excluding hydrogens is 360 g/mol. The van der Waals surface area contributed by atoms with E-state index < -0.39 is 0 Å². The van der Waals surface area contributed by atoms with Crippen molar-refractivity contribution >= 4 is 28.6 Å². The minimum atomic E-state index is -0.317. The first-order chi connectivity index (χ1) is 12.8. The molecule has 2 rings (SSSR count).